The Labute approximate surface area is 360 Å². The molecule has 62 heavy (non-hydrogen) atoms. The Balaban J connectivity index is 0.909. The summed E-state index contributed by atoms with van der Waals surface area (Å²) in [4.78, 5) is 10.1. The van der Waals surface area contributed by atoms with Crippen LogP contribution in [0.25, 0.3) is 100 Å². The van der Waals surface area contributed by atoms with Gasteiger partial charge in [-0.25, -0.2) is 9.97 Å². The third kappa shape index (κ3) is 6.15. The van der Waals surface area contributed by atoms with Crippen LogP contribution in [0.4, 0.5) is 0 Å². The summed E-state index contributed by atoms with van der Waals surface area (Å²) in [6, 6.07) is 73.8. The van der Waals surface area contributed by atoms with Gasteiger partial charge < -0.3 is 9.13 Å². The minimum Gasteiger partial charge on any atom is -0.313 e. The maximum absolute atomic E-state index is 5.12. The summed E-state index contributed by atoms with van der Waals surface area (Å²) in [5.41, 5.74) is 15.9. The van der Waals surface area contributed by atoms with E-state index >= 15 is 0 Å². The summed E-state index contributed by atoms with van der Waals surface area (Å²) in [6.07, 6.45) is 7.81. The van der Waals surface area contributed by atoms with Gasteiger partial charge in [0.25, 0.3) is 0 Å². The lowest BCUT2D eigenvalue weighted by atomic mass is 9.89. The zero-order valence-corrected chi connectivity index (χ0v) is 33.9. The van der Waals surface area contributed by atoms with Crippen molar-refractivity contribution in [2.45, 2.75) is 12.3 Å². The molecule has 3 heterocycles. The molecule has 3 aromatic heterocycles. The van der Waals surface area contributed by atoms with Crippen molar-refractivity contribution in [3.05, 3.63) is 230 Å². The van der Waals surface area contributed by atoms with Crippen molar-refractivity contribution in [1.29, 1.82) is 0 Å². The number of hydrogen-bond acceptors (Lipinski definition) is 2. The van der Waals surface area contributed by atoms with Gasteiger partial charge in [-0.3, -0.25) is 0 Å². The molecule has 11 aromatic rings. The van der Waals surface area contributed by atoms with E-state index in [0.717, 1.165) is 40.1 Å². The van der Waals surface area contributed by atoms with Crippen LogP contribution in [0.2, 0.25) is 0 Å². The molecule has 12 rings (SSSR count). The highest BCUT2D eigenvalue weighted by molar-refractivity contribution is 6.12. The summed E-state index contributed by atoms with van der Waals surface area (Å²) < 4.78 is 4.87. The monoisotopic (exact) mass is 792 g/mol. The summed E-state index contributed by atoms with van der Waals surface area (Å²) in [5.74, 6) is 0.954. The van der Waals surface area contributed by atoms with Gasteiger partial charge in [-0.15, -0.1) is 0 Å². The summed E-state index contributed by atoms with van der Waals surface area (Å²) in [6.45, 7) is 0. The highest BCUT2D eigenvalue weighted by Crippen LogP contribution is 2.41. The zero-order valence-electron chi connectivity index (χ0n) is 33.9. The van der Waals surface area contributed by atoms with Gasteiger partial charge in [0.05, 0.1) is 33.5 Å². The Morgan fingerprint density at radius 1 is 0.387 bits per heavy atom. The minimum atomic E-state index is 0.239. The average Bonchev–Trinajstić information content (AvgIpc) is 3.87. The number of para-hydroxylation sites is 3. The van der Waals surface area contributed by atoms with Gasteiger partial charge in [-0.05, 0) is 89.9 Å². The topological polar surface area (TPSA) is 35.6 Å². The number of nitrogens with zero attached hydrogens (tertiary/aromatic N) is 4. The van der Waals surface area contributed by atoms with Gasteiger partial charge in [-0.2, -0.15) is 0 Å². The Bertz CT molecular complexity index is 3480. The smallest absolute Gasteiger partial charge is 0.160 e. The van der Waals surface area contributed by atoms with Crippen molar-refractivity contribution in [3.63, 3.8) is 0 Å². The summed E-state index contributed by atoms with van der Waals surface area (Å²) in [7, 11) is 0. The lowest BCUT2D eigenvalue weighted by Crippen LogP contribution is -2.06. The number of rotatable bonds is 7. The predicted molar refractivity (Wildman–Crippen MR) is 258 cm³/mol. The second-order valence-corrected chi connectivity index (χ2v) is 16.2. The Hall–Kier alpha value is -8.08. The molecule has 1 unspecified atom stereocenters. The van der Waals surface area contributed by atoms with Gasteiger partial charge >= 0.3 is 0 Å². The van der Waals surface area contributed by atoms with Crippen LogP contribution in [0.5, 0.6) is 0 Å². The van der Waals surface area contributed by atoms with Crippen molar-refractivity contribution >= 4 is 49.3 Å². The molecule has 0 N–H and O–H groups in total. The maximum Gasteiger partial charge on any atom is 0.160 e. The molecule has 0 saturated heterocycles. The second kappa shape index (κ2) is 14.9. The lowest BCUT2D eigenvalue weighted by Gasteiger charge is -2.22. The maximum atomic E-state index is 5.12. The van der Waals surface area contributed by atoms with Gasteiger partial charge in [0.2, 0.25) is 0 Å². The Morgan fingerprint density at radius 3 is 1.69 bits per heavy atom. The predicted octanol–water partition coefficient (Wildman–Crippen LogP) is 14.9. The van der Waals surface area contributed by atoms with Gasteiger partial charge in [0, 0.05) is 55.5 Å². The van der Waals surface area contributed by atoms with Crippen LogP contribution in [0, 0.1) is 0 Å². The van der Waals surface area contributed by atoms with Gasteiger partial charge in [-0.1, -0.05) is 158 Å². The van der Waals surface area contributed by atoms with Crippen LogP contribution in [0.1, 0.15) is 17.9 Å². The first-order chi connectivity index (χ1) is 30.7. The molecule has 0 fully saturated rings. The van der Waals surface area contributed by atoms with Crippen LogP contribution in [-0.2, 0) is 0 Å². The molecule has 1 atom stereocenters. The first-order valence-electron chi connectivity index (χ1n) is 21.3. The number of hydrogen-bond donors (Lipinski definition) is 0. The van der Waals surface area contributed by atoms with E-state index in [1.807, 2.05) is 24.3 Å². The molecule has 1 aliphatic carbocycles. The van der Waals surface area contributed by atoms with E-state index in [2.05, 4.69) is 209 Å². The van der Waals surface area contributed by atoms with Crippen LogP contribution < -0.4 is 0 Å². The third-order valence-electron chi connectivity index (χ3n) is 12.5. The fourth-order valence-corrected chi connectivity index (χ4v) is 9.52. The van der Waals surface area contributed by atoms with Crippen molar-refractivity contribution in [2.75, 3.05) is 0 Å². The lowest BCUT2D eigenvalue weighted by molar-refractivity contribution is 0.838. The molecule has 4 heteroatoms. The Kier molecular flexibility index (Phi) is 8.60. The zero-order chi connectivity index (χ0) is 41.0. The van der Waals surface area contributed by atoms with E-state index < -0.39 is 0 Å². The normalized spacial score (nSPS) is 13.9. The van der Waals surface area contributed by atoms with E-state index in [1.165, 1.54) is 66.1 Å². The summed E-state index contributed by atoms with van der Waals surface area (Å²) in [5, 5.41) is 5.05. The molecule has 1 aliphatic rings. The molecule has 292 valence electrons. The van der Waals surface area contributed by atoms with E-state index in [9.17, 15) is 0 Å². The van der Waals surface area contributed by atoms with E-state index in [1.54, 1.807) is 0 Å². The van der Waals surface area contributed by atoms with E-state index in [-0.39, 0.29) is 5.92 Å². The second-order valence-electron chi connectivity index (χ2n) is 16.2. The molecule has 8 aromatic carbocycles. The van der Waals surface area contributed by atoms with Crippen LogP contribution in [0.3, 0.4) is 0 Å². The molecule has 0 amide bonds. The van der Waals surface area contributed by atoms with E-state index in [0.29, 0.717) is 5.82 Å². The van der Waals surface area contributed by atoms with Crippen LogP contribution in [0.15, 0.2) is 224 Å². The molecular weight excluding hydrogens is 753 g/mol. The standard InChI is InChI=1S/C58H40N4/c1-4-16-39(17-5-1)52-38-53(60-58(59-52)40-18-6-2-7-19-40)45-22-14-20-41(34-45)43-30-33-57-51(36-43)49-27-11-13-29-55(49)62(57)47-25-15-21-42(35-47)44-31-32-56-50(37-44)48-26-10-12-28-54(48)61(56)46-23-8-3-9-24-46/h1-34,36-38,42H,35H2. The van der Waals surface area contributed by atoms with Gasteiger partial charge in [0.1, 0.15) is 0 Å². The van der Waals surface area contributed by atoms with Crippen molar-refractivity contribution < 1.29 is 0 Å². The number of benzene rings is 8. The van der Waals surface area contributed by atoms with Crippen molar-refractivity contribution in [2.24, 2.45) is 0 Å². The SMILES string of the molecule is C1=CC(c2ccc3c(c2)c2ccccc2n3-c2ccccc2)CC(n2c3ccccc3c3cc(-c4cccc(-c5cc(-c6ccccc6)nc(-c6ccccc6)n5)c4)ccc32)=C1. The number of allylic oxidation sites excluding steroid dienone is 4. The molecule has 0 aliphatic heterocycles. The molecule has 0 saturated carbocycles. The molecule has 0 radical (unpaired) electrons. The minimum absolute atomic E-state index is 0.239. The number of fused-ring (bicyclic) bond motifs is 6. The first kappa shape index (κ1) is 35.8. The molecular formula is C58H40N4. The highest BCUT2D eigenvalue weighted by Gasteiger charge is 2.22. The third-order valence-corrected chi connectivity index (χ3v) is 12.5. The highest BCUT2D eigenvalue weighted by atomic mass is 15.0. The van der Waals surface area contributed by atoms with E-state index in [4.69, 9.17) is 9.97 Å². The summed E-state index contributed by atoms with van der Waals surface area (Å²) >= 11 is 0. The molecule has 0 spiro atoms. The van der Waals surface area contributed by atoms with Crippen LogP contribution >= 0.6 is 0 Å². The molecule has 0 bridgehead atoms. The van der Waals surface area contributed by atoms with Crippen molar-refractivity contribution in [3.8, 4) is 50.7 Å². The van der Waals surface area contributed by atoms with Crippen LogP contribution in [-0.4, -0.2) is 19.1 Å². The fourth-order valence-electron chi connectivity index (χ4n) is 9.52. The quantitative estimate of drug-likeness (QED) is 0.161. The van der Waals surface area contributed by atoms with Crippen molar-refractivity contribution in [1.82, 2.24) is 19.1 Å². The Morgan fingerprint density at radius 2 is 0.935 bits per heavy atom. The first-order valence-corrected chi connectivity index (χ1v) is 21.3. The van der Waals surface area contributed by atoms with Gasteiger partial charge in [0.15, 0.2) is 5.82 Å². The fraction of sp³-hybridized carbons (Fsp3) is 0.0345. The molecule has 4 nitrogen and oxygen atoms in total. The average molecular weight is 793 g/mol. The number of aromatic nitrogens is 4. The largest absolute Gasteiger partial charge is 0.313 e.